The molecule has 1 spiro atoms. The highest BCUT2D eigenvalue weighted by atomic mass is 19.1. The Balaban J connectivity index is 0.663. The third-order valence-electron chi connectivity index (χ3n) is 17.7. The smallest absolute Gasteiger partial charge is 0.319 e. The number of imide groups is 1. The van der Waals surface area contributed by atoms with Gasteiger partial charge in [0.2, 0.25) is 11.8 Å². The average Bonchev–Trinajstić information content (AvgIpc) is 4.09. The van der Waals surface area contributed by atoms with E-state index >= 15 is 4.39 Å². The summed E-state index contributed by atoms with van der Waals surface area (Å²) in [5.74, 6) is 0.411. The number of aryl methyl sites for hydroxylation is 1. The summed E-state index contributed by atoms with van der Waals surface area (Å²) in [6.07, 6.45) is 11.3. The van der Waals surface area contributed by atoms with Crippen LogP contribution in [0.2, 0.25) is 0 Å². The number of fused-ring (bicyclic) bond motifs is 3. The number of hydrogen-bond acceptors (Lipinski definition) is 14. The lowest BCUT2D eigenvalue weighted by Crippen LogP contribution is -2.61. The number of halogens is 1. The number of rotatable bonds is 15. The fourth-order valence-corrected chi connectivity index (χ4v) is 13.3. The van der Waals surface area contributed by atoms with E-state index in [2.05, 4.69) is 45.1 Å². The number of β-amino-alcohol motifs (C(OH)–C–C–N with tert-alkyl or cyclic N) is 1. The quantitative estimate of drug-likeness (QED) is 0.0805. The molecule has 5 saturated heterocycles. The molecule has 2 N–H and O–H groups in total. The molecule has 1 aliphatic carbocycles. The Morgan fingerprint density at radius 3 is 2.43 bits per heavy atom. The van der Waals surface area contributed by atoms with Crippen LogP contribution in [0.5, 0.6) is 11.8 Å². The van der Waals surface area contributed by atoms with E-state index in [1.54, 1.807) is 18.2 Å². The molecule has 12 rings (SSSR count). The molecule has 75 heavy (non-hydrogen) atoms. The van der Waals surface area contributed by atoms with Gasteiger partial charge in [0.1, 0.15) is 28.8 Å². The highest BCUT2D eigenvalue weighted by molar-refractivity contribution is 6.06. The Morgan fingerprint density at radius 1 is 0.867 bits per heavy atom. The van der Waals surface area contributed by atoms with Crippen LogP contribution < -0.4 is 24.6 Å². The van der Waals surface area contributed by atoms with E-state index in [9.17, 15) is 19.5 Å². The van der Waals surface area contributed by atoms with Gasteiger partial charge in [-0.3, -0.25) is 24.7 Å². The SMILES string of the molecule is CCc1cccc2cc(OCOC)cc(-c3ncc4c(N5CCC[C@@](C)(O)C5)nc(OCC5(CN6CCC(CN7CC8(CCN(c9ccc%10c(c9)CN(C9CCC(=O)NC9=O)C%10=O)CC8)C7)CC6)CC5)nc4c3F)c12. The van der Waals surface area contributed by atoms with Crippen molar-refractivity contribution in [1.82, 2.24) is 35.0 Å². The minimum absolute atomic E-state index is 0.00769. The average molecular weight is 1020 g/mol. The Kier molecular flexibility index (Phi) is 13.2. The molecule has 1 saturated carbocycles. The molecule has 6 aliphatic heterocycles. The highest BCUT2D eigenvalue weighted by Crippen LogP contribution is 2.48. The molecule has 3 amide bonds. The summed E-state index contributed by atoms with van der Waals surface area (Å²) in [5, 5.41) is 15.9. The fourth-order valence-electron chi connectivity index (χ4n) is 13.3. The lowest BCUT2D eigenvalue weighted by atomic mass is 9.71. The first-order chi connectivity index (χ1) is 36.3. The van der Waals surface area contributed by atoms with E-state index < -0.39 is 17.5 Å². The standard InChI is InChI=1S/C58H70FN9O7/c1-4-38-7-5-8-39-26-42(75-36-73-3)27-44(48(38)39)50-49(59)51-45(28-60-50)52(67-20-6-15-56(2,72)31-67)63-55(62-51)74-35-58(16-17-58)34-64-21-13-37(14-22-64)29-65-32-57(33-65)18-23-66(24-19-57)41-9-10-43-40(25-41)30-68(54(43)71)46-11-12-47(69)61-53(46)70/h5,7-10,25-28,37,46,72H,4,6,11-24,29-36H2,1-3H3,(H,61,69,70)/t46?,56-/m1/s1. The first kappa shape index (κ1) is 49.8. The molecular weight excluding hydrogens is 954 g/mol. The Hall–Kier alpha value is -6.01. The molecule has 0 radical (unpaired) electrons. The number of nitrogens with zero attached hydrogens (tertiary/aromatic N) is 8. The Morgan fingerprint density at radius 2 is 1.68 bits per heavy atom. The summed E-state index contributed by atoms with van der Waals surface area (Å²) in [5.41, 5.74) is 4.19. The zero-order chi connectivity index (χ0) is 51.6. The number of pyridine rings is 1. The van der Waals surface area contributed by atoms with Crippen molar-refractivity contribution in [2.24, 2.45) is 16.7 Å². The van der Waals surface area contributed by atoms with Crippen LogP contribution in [0.4, 0.5) is 15.9 Å². The molecule has 396 valence electrons. The van der Waals surface area contributed by atoms with Crippen LogP contribution in [0.3, 0.4) is 0 Å². The molecular formula is C58H70FN9O7. The second-order valence-electron chi connectivity index (χ2n) is 23.3. The van der Waals surface area contributed by atoms with Gasteiger partial charge in [0.05, 0.1) is 17.6 Å². The van der Waals surface area contributed by atoms with Gasteiger partial charge in [0.15, 0.2) is 12.6 Å². The van der Waals surface area contributed by atoms with Gasteiger partial charge in [-0.25, -0.2) is 4.39 Å². The van der Waals surface area contributed by atoms with Crippen LogP contribution in [0, 0.1) is 22.6 Å². The number of methoxy groups -OCH3 is 1. The van der Waals surface area contributed by atoms with Gasteiger partial charge in [-0.05, 0) is 148 Å². The third kappa shape index (κ3) is 9.89. The van der Waals surface area contributed by atoms with Crippen LogP contribution in [0.25, 0.3) is 32.9 Å². The zero-order valence-electron chi connectivity index (χ0n) is 43.7. The van der Waals surface area contributed by atoms with Crippen molar-refractivity contribution in [1.29, 1.82) is 0 Å². The van der Waals surface area contributed by atoms with E-state index in [-0.39, 0.29) is 53.6 Å². The van der Waals surface area contributed by atoms with Crippen molar-refractivity contribution < 1.29 is 38.1 Å². The second kappa shape index (κ2) is 19.8. The van der Waals surface area contributed by atoms with E-state index in [1.165, 1.54) is 12.8 Å². The van der Waals surface area contributed by atoms with Crippen molar-refractivity contribution in [3.8, 4) is 23.0 Å². The van der Waals surface area contributed by atoms with Gasteiger partial charge in [0.25, 0.3) is 5.91 Å². The number of carbonyl (C=O) groups is 3. The molecule has 17 heteroatoms. The van der Waals surface area contributed by atoms with Gasteiger partial charge in [-0.15, -0.1) is 0 Å². The molecule has 16 nitrogen and oxygen atoms in total. The second-order valence-corrected chi connectivity index (χ2v) is 23.3. The molecule has 5 aromatic rings. The number of likely N-dealkylation sites (tertiary alicyclic amines) is 2. The van der Waals surface area contributed by atoms with E-state index in [0.717, 1.165) is 118 Å². The van der Waals surface area contributed by atoms with Crippen molar-refractivity contribution in [3.63, 3.8) is 0 Å². The van der Waals surface area contributed by atoms with Crippen LogP contribution in [0.15, 0.2) is 54.7 Å². The predicted octanol–water partition coefficient (Wildman–Crippen LogP) is 7.11. The van der Waals surface area contributed by atoms with Gasteiger partial charge < -0.3 is 43.8 Å². The first-order valence-corrected chi connectivity index (χ1v) is 27.4. The maximum Gasteiger partial charge on any atom is 0.319 e. The number of piperidine rings is 4. The molecule has 2 aromatic heterocycles. The number of anilines is 2. The number of nitrogens with one attached hydrogen (secondary N) is 1. The van der Waals surface area contributed by atoms with Crippen LogP contribution in [0.1, 0.15) is 99.5 Å². The number of hydrogen-bond donors (Lipinski definition) is 2. The lowest BCUT2D eigenvalue weighted by molar-refractivity contribution is -0.136. The molecule has 8 heterocycles. The maximum atomic E-state index is 17.4. The van der Waals surface area contributed by atoms with Crippen LogP contribution in [-0.2, 0) is 27.3 Å². The first-order valence-electron chi connectivity index (χ1n) is 27.4. The van der Waals surface area contributed by atoms with Gasteiger partial charge in [0, 0.05) is 101 Å². The van der Waals surface area contributed by atoms with Gasteiger partial charge in [-0.1, -0.05) is 25.1 Å². The maximum absolute atomic E-state index is 17.4. The van der Waals surface area contributed by atoms with E-state index in [4.69, 9.17) is 29.2 Å². The Bertz CT molecular complexity index is 3030. The third-order valence-corrected chi connectivity index (χ3v) is 17.7. The summed E-state index contributed by atoms with van der Waals surface area (Å²) in [6, 6.07) is 15.5. The number of aromatic nitrogens is 3. The van der Waals surface area contributed by atoms with Gasteiger partial charge >= 0.3 is 6.01 Å². The van der Waals surface area contributed by atoms with E-state index in [1.807, 2.05) is 42.2 Å². The van der Waals surface area contributed by atoms with Crippen molar-refractivity contribution >= 4 is 50.9 Å². The lowest BCUT2D eigenvalue weighted by Gasteiger charge is -2.55. The molecule has 6 fully saturated rings. The number of amides is 3. The molecule has 2 atom stereocenters. The van der Waals surface area contributed by atoms with E-state index in [0.29, 0.717) is 78.5 Å². The summed E-state index contributed by atoms with van der Waals surface area (Å²) in [7, 11) is 1.57. The molecule has 1 unspecified atom stereocenters. The summed E-state index contributed by atoms with van der Waals surface area (Å²) >= 11 is 0. The summed E-state index contributed by atoms with van der Waals surface area (Å²) in [6.45, 7) is 14.4. The summed E-state index contributed by atoms with van der Waals surface area (Å²) in [4.78, 5) is 63.5. The van der Waals surface area contributed by atoms with Gasteiger partial charge in [-0.2, -0.15) is 9.97 Å². The minimum Gasteiger partial charge on any atom is -0.468 e. The highest BCUT2D eigenvalue weighted by Gasteiger charge is 2.48. The topological polar surface area (TPSA) is 166 Å². The molecule has 0 bridgehead atoms. The number of benzene rings is 3. The van der Waals surface area contributed by atoms with Crippen LogP contribution in [-0.4, -0.2) is 150 Å². The van der Waals surface area contributed by atoms with Crippen molar-refractivity contribution in [2.45, 2.75) is 103 Å². The van der Waals surface area contributed by atoms with Crippen LogP contribution >= 0.6 is 0 Å². The minimum atomic E-state index is -0.924. The zero-order valence-corrected chi connectivity index (χ0v) is 43.7. The Labute approximate surface area is 437 Å². The fraction of sp³-hybridized carbons (Fsp3) is 0.552. The number of ether oxygens (including phenoxy) is 3. The summed E-state index contributed by atoms with van der Waals surface area (Å²) < 4.78 is 35.1. The monoisotopic (exact) mass is 1020 g/mol. The number of carbonyl (C=O) groups excluding carboxylic acids is 3. The largest absolute Gasteiger partial charge is 0.468 e. The number of aliphatic hydroxyl groups is 1. The predicted molar refractivity (Wildman–Crippen MR) is 283 cm³/mol. The van der Waals surface area contributed by atoms with Crippen molar-refractivity contribution in [3.05, 3.63) is 77.2 Å². The molecule has 3 aromatic carbocycles. The normalized spacial score (nSPS) is 24.0. The van der Waals surface area contributed by atoms with Crippen molar-refractivity contribution in [2.75, 3.05) is 95.8 Å². The molecule has 7 aliphatic rings.